The van der Waals surface area contributed by atoms with Crippen LogP contribution in [0.3, 0.4) is 0 Å². The second-order valence-corrected chi connectivity index (χ2v) is 3.31. The van der Waals surface area contributed by atoms with Crippen molar-refractivity contribution >= 4 is 5.97 Å². The molecule has 0 spiro atoms. The minimum absolute atomic E-state index is 0.176. The minimum Gasteiger partial charge on any atom is -0.508 e. The molecule has 82 valence electrons. The van der Waals surface area contributed by atoms with Gasteiger partial charge in [0.15, 0.2) is 0 Å². The van der Waals surface area contributed by atoms with Crippen LogP contribution in [0.15, 0.2) is 24.3 Å². The number of ether oxygens (including phenoxy) is 1. The molecule has 0 aromatic heterocycles. The first-order valence-corrected chi connectivity index (χ1v) is 5.14. The number of esters is 1. The third-order valence-electron chi connectivity index (χ3n) is 2.25. The van der Waals surface area contributed by atoms with E-state index < -0.39 is 0 Å². The number of phenols is 1. The van der Waals surface area contributed by atoms with Crippen molar-refractivity contribution < 1.29 is 14.6 Å². The normalized spacial score (nSPS) is 12.1. The second kappa shape index (κ2) is 5.39. The smallest absolute Gasteiger partial charge is 0.313 e. The summed E-state index contributed by atoms with van der Waals surface area (Å²) in [5, 5.41) is 9.32. The highest BCUT2D eigenvalue weighted by atomic mass is 16.5. The molecule has 15 heavy (non-hydrogen) atoms. The summed E-state index contributed by atoms with van der Waals surface area (Å²) in [6, 6.07) is 6.74. The van der Waals surface area contributed by atoms with E-state index in [0.717, 1.165) is 5.56 Å². The lowest BCUT2D eigenvalue weighted by Gasteiger charge is -2.13. The topological polar surface area (TPSA) is 46.5 Å². The zero-order valence-corrected chi connectivity index (χ0v) is 9.06. The molecule has 3 nitrogen and oxygen atoms in total. The molecular weight excluding hydrogens is 192 g/mol. The van der Waals surface area contributed by atoms with E-state index in [1.807, 2.05) is 13.0 Å². The number of phenolic OH excluding ortho intramolecular Hbond substituents is 1. The molecule has 1 unspecified atom stereocenters. The van der Waals surface area contributed by atoms with Gasteiger partial charge >= 0.3 is 5.97 Å². The highest BCUT2D eigenvalue weighted by Gasteiger charge is 2.19. The standard InChI is InChI=1S/C12H16O3/c1-3-11(12(14)15-4-2)9-6-5-7-10(13)8-9/h5-8,11,13H,3-4H2,1-2H3. The number of carbonyl (C=O) groups is 1. The van der Waals surface area contributed by atoms with Crippen molar-refractivity contribution in [1.82, 2.24) is 0 Å². The van der Waals surface area contributed by atoms with Gasteiger partial charge in [0.1, 0.15) is 5.75 Å². The van der Waals surface area contributed by atoms with Crippen LogP contribution in [0.1, 0.15) is 31.7 Å². The van der Waals surface area contributed by atoms with E-state index in [9.17, 15) is 9.90 Å². The molecule has 0 heterocycles. The van der Waals surface area contributed by atoms with Gasteiger partial charge in [0.05, 0.1) is 12.5 Å². The van der Waals surface area contributed by atoms with Crippen LogP contribution >= 0.6 is 0 Å². The van der Waals surface area contributed by atoms with Crippen molar-refractivity contribution in [1.29, 1.82) is 0 Å². The van der Waals surface area contributed by atoms with Crippen LogP contribution < -0.4 is 0 Å². The van der Waals surface area contributed by atoms with Gasteiger partial charge in [0.2, 0.25) is 0 Å². The Morgan fingerprint density at radius 3 is 2.73 bits per heavy atom. The second-order valence-electron chi connectivity index (χ2n) is 3.31. The van der Waals surface area contributed by atoms with Crippen LogP contribution in [0.4, 0.5) is 0 Å². The summed E-state index contributed by atoms with van der Waals surface area (Å²) in [5.41, 5.74) is 0.802. The predicted octanol–water partition coefficient (Wildman–Crippen LogP) is 2.45. The number of carbonyl (C=O) groups excluding carboxylic acids is 1. The average Bonchev–Trinajstić information content (AvgIpc) is 2.19. The molecule has 1 aromatic carbocycles. The van der Waals surface area contributed by atoms with E-state index in [-0.39, 0.29) is 17.6 Å². The number of hydrogen-bond donors (Lipinski definition) is 1. The molecule has 1 atom stereocenters. The fraction of sp³-hybridized carbons (Fsp3) is 0.417. The zero-order chi connectivity index (χ0) is 11.3. The largest absolute Gasteiger partial charge is 0.508 e. The van der Waals surface area contributed by atoms with Gasteiger partial charge in [0, 0.05) is 0 Å². The summed E-state index contributed by atoms with van der Waals surface area (Å²) in [5.74, 6) is -0.335. The van der Waals surface area contributed by atoms with Gasteiger partial charge in [-0.25, -0.2) is 0 Å². The maximum Gasteiger partial charge on any atom is 0.313 e. The lowest BCUT2D eigenvalue weighted by atomic mass is 9.96. The summed E-state index contributed by atoms with van der Waals surface area (Å²) in [6.45, 7) is 4.09. The van der Waals surface area contributed by atoms with Crippen molar-refractivity contribution in [2.75, 3.05) is 6.61 Å². The molecule has 0 saturated carbocycles. The van der Waals surface area contributed by atoms with Crippen molar-refractivity contribution in [3.63, 3.8) is 0 Å². The van der Waals surface area contributed by atoms with Gasteiger partial charge in [0.25, 0.3) is 0 Å². The summed E-state index contributed by atoms with van der Waals surface area (Å²) in [7, 11) is 0. The van der Waals surface area contributed by atoms with E-state index in [0.29, 0.717) is 13.0 Å². The third-order valence-corrected chi connectivity index (χ3v) is 2.25. The lowest BCUT2D eigenvalue weighted by molar-refractivity contribution is -0.145. The van der Waals surface area contributed by atoms with Crippen LogP contribution in [0.5, 0.6) is 5.75 Å². The van der Waals surface area contributed by atoms with Crippen LogP contribution in [0.2, 0.25) is 0 Å². The molecule has 3 heteroatoms. The Morgan fingerprint density at radius 2 is 2.20 bits per heavy atom. The zero-order valence-electron chi connectivity index (χ0n) is 9.06. The van der Waals surface area contributed by atoms with Crippen molar-refractivity contribution in [3.05, 3.63) is 29.8 Å². The fourth-order valence-electron chi connectivity index (χ4n) is 1.52. The third kappa shape index (κ3) is 2.98. The molecule has 0 radical (unpaired) electrons. The molecule has 1 N–H and O–H groups in total. The molecule has 0 fully saturated rings. The predicted molar refractivity (Wildman–Crippen MR) is 57.8 cm³/mol. The van der Waals surface area contributed by atoms with E-state index in [4.69, 9.17) is 4.74 Å². The van der Waals surface area contributed by atoms with Gasteiger partial charge in [-0.3, -0.25) is 4.79 Å². The SMILES string of the molecule is CCOC(=O)C(CC)c1cccc(O)c1. The summed E-state index contributed by atoms with van der Waals surface area (Å²) in [4.78, 5) is 11.6. The first-order valence-electron chi connectivity index (χ1n) is 5.14. The van der Waals surface area contributed by atoms with Gasteiger partial charge in [-0.2, -0.15) is 0 Å². The quantitative estimate of drug-likeness (QED) is 0.773. The highest BCUT2D eigenvalue weighted by Crippen LogP contribution is 2.24. The number of rotatable bonds is 4. The first kappa shape index (κ1) is 11.6. The van der Waals surface area contributed by atoms with Crippen LogP contribution in [0.25, 0.3) is 0 Å². The fourth-order valence-corrected chi connectivity index (χ4v) is 1.52. The van der Waals surface area contributed by atoms with Crippen molar-refractivity contribution in [3.8, 4) is 5.75 Å². The lowest BCUT2D eigenvalue weighted by Crippen LogP contribution is -2.15. The Morgan fingerprint density at radius 1 is 1.47 bits per heavy atom. The molecule has 0 bridgehead atoms. The van der Waals surface area contributed by atoms with E-state index in [2.05, 4.69) is 0 Å². The van der Waals surface area contributed by atoms with E-state index >= 15 is 0 Å². The van der Waals surface area contributed by atoms with Crippen molar-refractivity contribution in [2.24, 2.45) is 0 Å². The summed E-state index contributed by atoms with van der Waals surface area (Å²) >= 11 is 0. The highest BCUT2D eigenvalue weighted by molar-refractivity contribution is 5.78. The number of aromatic hydroxyl groups is 1. The summed E-state index contributed by atoms with van der Waals surface area (Å²) in [6.07, 6.45) is 0.669. The minimum atomic E-state index is -0.281. The monoisotopic (exact) mass is 208 g/mol. The number of benzene rings is 1. The van der Waals surface area contributed by atoms with E-state index in [1.54, 1.807) is 25.1 Å². The van der Waals surface area contributed by atoms with Gasteiger partial charge in [-0.05, 0) is 31.0 Å². The Balaban J connectivity index is 2.87. The molecule has 0 saturated heterocycles. The Hall–Kier alpha value is -1.51. The maximum absolute atomic E-state index is 11.6. The molecule has 0 amide bonds. The molecule has 0 aliphatic heterocycles. The average molecular weight is 208 g/mol. The molecule has 0 aliphatic rings. The van der Waals surface area contributed by atoms with Gasteiger partial charge in [-0.15, -0.1) is 0 Å². The maximum atomic E-state index is 11.6. The van der Waals surface area contributed by atoms with Gasteiger partial charge < -0.3 is 9.84 Å². The van der Waals surface area contributed by atoms with Crippen LogP contribution in [-0.2, 0) is 9.53 Å². The van der Waals surface area contributed by atoms with Gasteiger partial charge in [-0.1, -0.05) is 19.1 Å². The van der Waals surface area contributed by atoms with Crippen LogP contribution in [0, 0.1) is 0 Å². The van der Waals surface area contributed by atoms with Crippen LogP contribution in [-0.4, -0.2) is 17.7 Å². The molecule has 1 aromatic rings. The molecule has 1 rings (SSSR count). The summed E-state index contributed by atoms with van der Waals surface area (Å²) < 4.78 is 4.97. The Kier molecular flexibility index (Phi) is 4.16. The molecular formula is C12H16O3. The first-order chi connectivity index (χ1) is 7.19. The Labute approximate surface area is 89.7 Å². The van der Waals surface area contributed by atoms with Crippen molar-refractivity contribution in [2.45, 2.75) is 26.2 Å². The van der Waals surface area contributed by atoms with E-state index in [1.165, 1.54) is 0 Å². The molecule has 0 aliphatic carbocycles. The Bertz CT molecular complexity index is 333. The number of hydrogen-bond acceptors (Lipinski definition) is 3.